The molecule has 1 aromatic heterocycles. The first-order valence-corrected chi connectivity index (χ1v) is 7.77. The summed E-state index contributed by atoms with van der Waals surface area (Å²) < 4.78 is 16.2. The fourth-order valence-corrected chi connectivity index (χ4v) is 2.89. The molecule has 3 aromatic carbocycles. The van der Waals surface area contributed by atoms with E-state index >= 15 is 0 Å². The van der Waals surface area contributed by atoms with E-state index in [0.29, 0.717) is 17.8 Å². The highest BCUT2D eigenvalue weighted by atomic mass is 19.1. The van der Waals surface area contributed by atoms with Gasteiger partial charge in [0.15, 0.2) is 0 Å². The van der Waals surface area contributed by atoms with Crippen molar-refractivity contribution >= 4 is 16.7 Å². The summed E-state index contributed by atoms with van der Waals surface area (Å²) in [5, 5.41) is 0. The Kier molecular flexibility index (Phi) is 3.50. The highest BCUT2D eigenvalue weighted by Crippen LogP contribution is 2.27. The van der Waals surface area contributed by atoms with E-state index in [1.54, 1.807) is 12.1 Å². The second kappa shape index (κ2) is 5.81. The first-order valence-electron chi connectivity index (χ1n) is 7.77. The third-order valence-electron chi connectivity index (χ3n) is 4.11. The van der Waals surface area contributed by atoms with Crippen LogP contribution in [0.25, 0.3) is 22.4 Å². The lowest BCUT2D eigenvalue weighted by molar-refractivity contribution is 0.602. The topological polar surface area (TPSA) is 43.8 Å². The van der Waals surface area contributed by atoms with Crippen LogP contribution in [0.2, 0.25) is 0 Å². The summed E-state index contributed by atoms with van der Waals surface area (Å²) in [6.45, 7) is 0.424. The average Bonchev–Trinajstić information content (AvgIpc) is 2.96. The number of benzene rings is 3. The maximum atomic E-state index is 14.1. The van der Waals surface area contributed by atoms with Crippen LogP contribution in [0.3, 0.4) is 0 Å². The van der Waals surface area contributed by atoms with Gasteiger partial charge in [0, 0.05) is 16.8 Å². The molecule has 0 fully saturated rings. The number of imidazole rings is 1. The number of rotatable bonds is 3. The second-order valence-electron chi connectivity index (χ2n) is 5.72. The Morgan fingerprint density at radius 2 is 1.58 bits per heavy atom. The highest BCUT2D eigenvalue weighted by Gasteiger charge is 2.14. The van der Waals surface area contributed by atoms with Crippen LogP contribution in [0.1, 0.15) is 5.56 Å². The molecule has 0 unspecified atom stereocenters. The highest BCUT2D eigenvalue weighted by molar-refractivity contribution is 5.81. The molecule has 0 radical (unpaired) electrons. The number of nitrogens with zero attached hydrogens (tertiary/aromatic N) is 2. The summed E-state index contributed by atoms with van der Waals surface area (Å²) in [4.78, 5) is 4.74. The molecule has 1 heterocycles. The lowest BCUT2D eigenvalue weighted by Crippen LogP contribution is -2.04. The van der Waals surface area contributed by atoms with Gasteiger partial charge in [-0.2, -0.15) is 0 Å². The Hall–Kier alpha value is -3.14. The van der Waals surface area contributed by atoms with Gasteiger partial charge in [0.25, 0.3) is 0 Å². The minimum atomic E-state index is -0.210. The van der Waals surface area contributed by atoms with E-state index in [0.717, 1.165) is 22.4 Å². The van der Waals surface area contributed by atoms with Gasteiger partial charge in [-0.25, -0.2) is 9.37 Å². The Labute approximate surface area is 139 Å². The van der Waals surface area contributed by atoms with Crippen LogP contribution in [-0.4, -0.2) is 9.55 Å². The van der Waals surface area contributed by atoms with Crippen molar-refractivity contribution in [3.63, 3.8) is 0 Å². The molecule has 4 rings (SSSR count). The molecular formula is C20H16FN3. The quantitative estimate of drug-likeness (QED) is 0.566. The zero-order valence-corrected chi connectivity index (χ0v) is 13.0. The summed E-state index contributed by atoms with van der Waals surface area (Å²) in [5.74, 6) is 0.595. The van der Waals surface area contributed by atoms with Gasteiger partial charge in [0.05, 0.1) is 17.6 Å². The number of hydrogen-bond acceptors (Lipinski definition) is 2. The van der Waals surface area contributed by atoms with Gasteiger partial charge in [-0.15, -0.1) is 0 Å². The largest absolute Gasteiger partial charge is 0.399 e. The van der Waals surface area contributed by atoms with Gasteiger partial charge < -0.3 is 10.3 Å². The van der Waals surface area contributed by atoms with E-state index < -0.39 is 0 Å². The predicted molar refractivity (Wildman–Crippen MR) is 95.1 cm³/mol. The van der Waals surface area contributed by atoms with Crippen LogP contribution in [0.5, 0.6) is 0 Å². The first-order chi connectivity index (χ1) is 11.7. The van der Waals surface area contributed by atoms with Crippen LogP contribution in [0, 0.1) is 5.82 Å². The van der Waals surface area contributed by atoms with E-state index in [1.165, 1.54) is 6.07 Å². The Balaban J connectivity index is 1.90. The number of halogens is 1. The molecule has 24 heavy (non-hydrogen) atoms. The molecular weight excluding hydrogens is 301 g/mol. The number of nitrogens with two attached hydrogens (primary N) is 1. The SMILES string of the molecule is Nc1ccc(-c2nc3ccccc3n2Cc2ccccc2F)cc1. The zero-order chi connectivity index (χ0) is 16.5. The molecule has 118 valence electrons. The predicted octanol–water partition coefficient (Wildman–Crippen LogP) is 4.47. The van der Waals surface area contributed by atoms with Crippen LogP contribution < -0.4 is 5.73 Å². The van der Waals surface area contributed by atoms with Gasteiger partial charge in [-0.05, 0) is 42.5 Å². The third-order valence-corrected chi connectivity index (χ3v) is 4.11. The lowest BCUT2D eigenvalue weighted by atomic mass is 10.1. The molecule has 0 aliphatic heterocycles. The van der Waals surface area contributed by atoms with E-state index in [2.05, 4.69) is 0 Å². The maximum Gasteiger partial charge on any atom is 0.141 e. The summed E-state index contributed by atoms with van der Waals surface area (Å²) in [6.07, 6.45) is 0. The van der Waals surface area contributed by atoms with Crippen molar-refractivity contribution in [1.29, 1.82) is 0 Å². The van der Waals surface area contributed by atoms with Crippen LogP contribution in [0.4, 0.5) is 10.1 Å². The molecule has 4 aromatic rings. The molecule has 0 amide bonds. The molecule has 0 bridgehead atoms. The molecule has 0 spiro atoms. The molecule has 0 saturated carbocycles. The molecule has 3 nitrogen and oxygen atoms in total. The van der Waals surface area contributed by atoms with Crippen molar-refractivity contribution in [2.45, 2.75) is 6.54 Å². The van der Waals surface area contributed by atoms with E-state index in [9.17, 15) is 4.39 Å². The fourth-order valence-electron chi connectivity index (χ4n) is 2.89. The monoisotopic (exact) mass is 317 g/mol. The van der Waals surface area contributed by atoms with Gasteiger partial charge in [0.2, 0.25) is 0 Å². The minimum Gasteiger partial charge on any atom is -0.399 e. The summed E-state index contributed by atoms with van der Waals surface area (Å²) in [5.41, 5.74) is 9.95. The Morgan fingerprint density at radius 1 is 0.875 bits per heavy atom. The fraction of sp³-hybridized carbons (Fsp3) is 0.0500. The summed E-state index contributed by atoms with van der Waals surface area (Å²) in [7, 11) is 0. The smallest absolute Gasteiger partial charge is 0.141 e. The number of aromatic nitrogens is 2. The average molecular weight is 317 g/mol. The lowest BCUT2D eigenvalue weighted by Gasteiger charge is -2.10. The molecule has 4 heteroatoms. The van der Waals surface area contributed by atoms with Gasteiger partial charge in [-0.1, -0.05) is 30.3 Å². The maximum absolute atomic E-state index is 14.1. The van der Waals surface area contributed by atoms with E-state index in [4.69, 9.17) is 10.7 Å². The summed E-state index contributed by atoms with van der Waals surface area (Å²) >= 11 is 0. The number of para-hydroxylation sites is 2. The van der Waals surface area contributed by atoms with Crippen molar-refractivity contribution in [2.75, 3.05) is 5.73 Å². The zero-order valence-electron chi connectivity index (χ0n) is 13.0. The Morgan fingerprint density at radius 3 is 2.38 bits per heavy atom. The molecule has 0 saturated heterocycles. The third kappa shape index (κ3) is 2.52. The number of nitrogen functional groups attached to an aromatic ring is 1. The van der Waals surface area contributed by atoms with E-state index in [-0.39, 0.29) is 5.82 Å². The Bertz CT molecular complexity index is 1000. The molecule has 0 aliphatic carbocycles. The molecule has 0 aliphatic rings. The van der Waals surface area contributed by atoms with Crippen LogP contribution in [-0.2, 0) is 6.54 Å². The molecule has 0 atom stereocenters. The van der Waals surface area contributed by atoms with Crippen molar-refractivity contribution in [3.8, 4) is 11.4 Å². The number of hydrogen-bond donors (Lipinski definition) is 1. The van der Waals surface area contributed by atoms with Crippen molar-refractivity contribution in [3.05, 3.63) is 84.2 Å². The standard InChI is InChI=1S/C20H16FN3/c21-17-6-2-1-5-15(17)13-24-19-8-4-3-7-18(19)23-20(24)14-9-11-16(22)12-10-14/h1-12H,13,22H2. The van der Waals surface area contributed by atoms with Gasteiger partial charge in [0.1, 0.15) is 11.6 Å². The van der Waals surface area contributed by atoms with Crippen LogP contribution >= 0.6 is 0 Å². The second-order valence-corrected chi connectivity index (χ2v) is 5.72. The van der Waals surface area contributed by atoms with Gasteiger partial charge >= 0.3 is 0 Å². The number of anilines is 1. The minimum absolute atomic E-state index is 0.210. The number of fused-ring (bicyclic) bond motifs is 1. The van der Waals surface area contributed by atoms with Crippen molar-refractivity contribution in [1.82, 2.24) is 9.55 Å². The van der Waals surface area contributed by atoms with Gasteiger partial charge in [-0.3, -0.25) is 0 Å². The normalized spacial score (nSPS) is 11.0. The molecule has 2 N–H and O–H groups in total. The van der Waals surface area contributed by atoms with Crippen molar-refractivity contribution in [2.24, 2.45) is 0 Å². The summed E-state index contributed by atoms with van der Waals surface area (Å²) in [6, 6.07) is 22.3. The van der Waals surface area contributed by atoms with Crippen molar-refractivity contribution < 1.29 is 4.39 Å². The van der Waals surface area contributed by atoms with Crippen LogP contribution in [0.15, 0.2) is 72.8 Å². The first kappa shape index (κ1) is 14.5. The van der Waals surface area contributed by atoms with E-state index in [1.807, 2.05) is 59.2 Å².